The van der Waals surface area contributed by atoms with Crippen LogP contribution in [-0.4, -0.2) is 18.1 Å². The molecule has 1 aliphatic rings. The van der Waals surface area contributed by atoms with Gasteiger partial charge in [0.1, 0.15) is 0 Å². The van der Waals surface area contributed by atoms with Gasteiger partial charge in [-0.3, -0.25) is 0 Å². The SMILES string of the molecule is CC(C)c1nc(N2CCC(C)(C)CC2)sc1CN. The highest BCUT2D eigenvalue weighted by Gasteiger charge is 2.27. The molecule has 0 unspecified atom stereocenters. The number of piperidine rings is 1. The van der Waals surface area contributed by atoms with Crippen LogP contribution in [-0.2, 0) is 6.54 Å². The molecule has 0 atom stereocenters. The number of hydrogen-bond donors (Lipinski definition) is 1. The Kier molecular flexibility index (Phi) is 3.97. The number of anilines is 1. The zero-order valence-corrected chi connectivity index (χ0v) is 12.8. The summed E-state index contributed by atoms with van der Waals surface area (Å²) in [5, 5.41) is 1.18. The molecule has 2 rings (SSSR count). The zero-order chi connectivity index (χ0) is 13.3. The van der Waals surface area contributed by atoms with Gasteiger partial charge in [-0.25, -0.2) is 4.98 Å². The van der Waals surface area contributed by atoms with Crippen molar-refractivity contribution in [2.24, 2.45) is 11.1 Å². The van der Waals surface area contributed by atoms with Crippen LogP contribution in [0.5, 0.6) is 0 Å². The Morgan fingerprint density at radius 2 is 1.94 bits per heavy atom. The third-order valence-corrected chi connectivity index (χ3v) is 4.99. The minimum Gasteiger partial charge on any atom is -0.348 e. The molecule has 1 saturated heterocycles. The van der Waals surface area contributed by atoms with E-state index < -0.39 is 0 Å². The molecule has 2 heterocycles. The maximum absolute atomic E-state index is 5.83. The number of nitrogens with zero attached hydrogens (tertiary/aromatic N) is 2. The van der Waals surface area contributed by atoms with Crippen molar-refractivity contribution in [1.29, 1.82) is 0 Å². The highest BCUT2D eigenvalue weighted by Crippen LogP contribution is 2.36. The number of nitrogens with two attached hydrogens (primary N) is 1. The molecular formula is C14H25N3S. The van der Waals surface area contributed by atoms with Crippen molar-refractivity contribution < 1.29 is 0 Å². The topological polar surface area (TPSA) is 42.2 Å². The molecule has 18 heavy (non-hydrogen) atoms. The molecule has 0 spiro atoms. The Morgan fingerprint density at radius 3 is 2.39 bits per heavy atom. The first-order valence-electron chi connectivity index (χ1n) is 6.87. The Balaban J connectivity index is 2.15. The molecule has 0 radical (unpaired) electrons. The van der Waals surface area contributed by atoms with Gasteiger partial charge in [0.2, 0.25) is 0 Å². The summed E-state index contributed by atoms with van der Waals surface area (Å²) in [5.74, 6) is 0.467. The van der Waals surface area contributed by atoms with Gasteiger partial charge in [-0.15, -0.1) is 11.3 Å². The number of rotatable bonds is 3. The Hall–Kier alpha value is -0.610. The first-order chi connectivity index (χ1) is 8.43. The number of aromatic nitrogens is 1. The van der Waals surface area contributed by atoms with E-state index in [4.69, 9.17) is 10.7 Å². The highest BCUT2D eigenvalue weighted by molar-refractivity contribution is 7.15. The average molecular weight is 267 g/mol. The van der Waals surface area contributed by atoms with E-state index in [1.807, 2.05) is 0 Å². The summed E-state index contributed by atoms with van der Waals surface area (Å²) in [6.45, 7) is 12.0. The predicted molar refractivity (Wildman–Crippen MR) is 79.3 cm³/mol. The molecule has 1 aromatic rings. The standard InChI is InChI=1S/C14H25N3S/c1-10(2)12-11(9-15)18-13(16-12)17-7-5-14(3,4)6-8-17/h10H,5-9,15H2,1-4H3. The molecule has 0 bridgehead atoms. The maximum Gasteiger partial charge on any atom is 0.185 e. The summed E-state index contributed by atoms with van der Waals surface area (Å²) < 4.78 is 0. The molecule has 0 aromatic carbocycles. The molecule has 0 amide bonds. The van der Waals surface area contributed by atoms with E-state index in [2.05, 4.69) is 32.6 Å². The Morgan fingerprint density at radius 1 is 1.33 bits per heavy atom. The third-order valence-electron chi connectivity index (χ3n) is 3.84. The van der Waals surface area contributed by atoms with E-state index >= 15 is 0 Å². The summed E-state index contributed by atoms with van der Waals surface area (Å²) in [5.41, 5.74) is 7.51. The van der Waals surface area contributed by atoms with E-state index in [-0.39, 0.29) is 0 Å². The second kappa shape index (κ2) is 5.17. The van der Waals surface area contributed by atoms with Gasteiger partial charge in [0.05, 0.1) is 5.69 Å². The lowest BCUT2D eigenvalue weighted by molar-refractivity contribution is 0.279. The van der Waals surface area contributed by atoms with Crippen molar-refractivity contribution in [3.63, 3.8) is 0 Å². The van der Waals surface area contributed by atoms with E-state index in [0.717, 1.165) is 13.1 Å². The monoisotopic (exact) mass is 267 g/mol. The Bertz CT molecular complexity index is 399. The quantitative estimate of drug-likeness (QED) is 0.913. The molecule has 4 heteroatoms. The van der Waals surface area contributed by atoms with Crippen LogP contribution >= 0.6 is 11.3 Å². The van der Waals surface area contributed by atoms with Crippen molar-refractivity contribution in [3.8, 4) is 0 Å². The van der Waals surface area contributed by atoms with Crippen molar-refractivity contribution in [2.45, 2.75) is 53.0 Å². The molecular weight excluding hydrogens is 242 g/mol. The largest absolute Gasteiger partial charge is 0.348 e. The first-order valence-corrected chi connectivity index (χ1v) is 7.69. The van der Waals surface area contributed by atoms with Crippen LogP contribution in [0.2, 0.25) is 0 Å². The fourth-order valence-corrected chi connectivity index (χ4v) is 3.53. The normalized spacial score (nSPS) is 19.6. The molecule has 1 aromatic heterocycles. The van der Waals surface area contributed by atoms with Gasteiger partial charge < -0.3 is 10.6 Å². The smallest absolute Gasteiger partial charge is 0.185 e. The molecule has 0 saturated carbocycles. The molecule has 1 aliphatic heterocycles. The van der Waals surface area contributed by atoms with Gasteiger partial charge in [-0.1, -0.05) is 27.7 Å². The number of thiazole rings is 1. The van der Waals surface area contributed by atoms with Crippen molar-refractivity contribution in [3.05, 3.63) is 10.6 Å². The van der Waals surface area contributed by atoms with Crippen molar-refractivity contribution in [1.82, 2.24) is 4.98 Å². The molecule has 2 N–H and O–H groups in total. The summed E-state index contributed by atoms with van der Waals surface area (Å²) in [7, 11) is 0. The fourth-order valence-electron chi connectivity index (χ4n) is 2.39. The fraction of sp³-hybridized carbons (Fsp3) is 0.786. The van der Waals surface area contributed by atoms with Crippen molar-refractivity contribution in [2.75, 3.05) is 18.0 Å². The van der Waals surface area contributed by atoms with Gasteiger partial charge >= 0.3 is 0 Å². The molecule has 102 valence electrons. The summed E-state index contributed by atoms with van der Waals surface area (Å²) in [6.07, 6.45) is 2.50. The van der Waals surface area contributed by atoms with Gasteiger partial charge in [-0.2, -0.15) is 0 Å². The number of hydrogen-bond acceptors (Lipinski definition) is 4. The predicted octanol–water partition coefficient (Wildman–Crippen LogP) is 3.35. The summed E-state index contributed by atoms with van der Waals surface area (Å²) in [6, 6.07) is 0. The van der Waals surface area contributed by atoms with Gasteiger partial charge in [0, 0.05) is 24.5 Å². The van der Waals surface area contributed by atoms with Crippen LogP contribution in [0.3, 0.4) is 0 Å². The van der Waals surface area contributed by atoms with Crippen molar-refractivity contribution >= 4 is 16.5 Å². The third kappa shape index (κ3) is 2.86. The van der Waals surface area contributed by atoms with E-state index in [1.54, 1.807) is 11.3 Å². The van der Waals surface area contributed by atoms with Crippen LogP contribution < -0.4 is 10.6 Å². The maximum atomic E-state index is 5.83. The van der Waals surface area contributed by atoms with Crippen LogP contribution in [0.25, 0.3) is 0 Å². The highest BCUT2D eigenvalue weighted by atomic mass is 32.1. The molecule has 1 fully saturated rings. The minimum absolute atomic E-state index is 0.467. The van der Waals surface area contributed by atoms with E-state index in [9.17, 15) is 0 Å². The van der Waals surface area contributed by atoms with Gasteiger partial charge in [0.25, 0.3) is 0 Å². The lowest BCUT2D eigenvalue weighted by atomic mass is 9.83. The Labute approximate surface area is 114 Å². The first kappa shape index (κ1) is 13.8. The molecule has 3 nitrogen and oxygen atoms in total. The minimum atomic E-state index is 0.467. The zero-order valence-electron chi connectivity index (χ0n) is 12.0. The lowest BCUT2D eigenvalue weighted by Crippen LogP contribution is -2.37. The van der Waals surface area contributed by atoms with E-state index in [0.29, 0.717) is 17.9 Å². The van der Waals surface area contributed by atoms with Crippen LogP contribution in [0.4, 0.5) is 5.13 Å². The van der Waals surface area contributed by atoms with Crippen LogP contribution in [0.15, 0.2) is 0 Å². The average Bonchev–Trinajstić information content (AvgIpc) is 2.73. The lowest BCUT2D eigenvalue weighted by Gasteiger charge is -2.36. The second-order valence-corrected chi connectivity index (χ2v) is 7.38. The summed E-state index contributed by atoms with van der Waals surface area (Å²) in [4.78, 5) is 8.50. The van der Waals surface area contributed by atoms with Crippen LogP contribution in [0.1, 0.15) is 57.0 Å². The second-order valence-electron chi connectivity index (χ2n) is 6.31. The van der Waals surface area contributed by atoms with Crippen LogP contribution in [0, 0.1) is 5.41 Å². The van der Waals surface area contributed by atoms with Gasteiger partial charge in [-0.05, 0) is 24.2 Å². The van der Waals surface area contributed by atoms with E-state index in [1.165, 1.54) is 28.5 Å². The summed E-state index contributed by atoms with van der Waals surface area (Å²) >= 11 is 1.78. The van der Waals surface area contributed by atoms with Gasteiger partial charge in [0.15, 0.2) is 5.13 Å². The molecule has 0 aliphatic carbocycles.